The number of rotatable bonds is 2. The maximum atomic E-state index is 12.6. The van der Waals surface area contributed by atoms with Gasteiger partial charge in [0.25, 0.3) is 0 Å². The lowest BCUT2D eigenvalue weighted by Gasteiger charge is -2.09. The highest BCUT2D eigenvalue weighted by molar-refractivity contribution is 5.99. The normalized spacial score (nSPS) is 11.1. The third-order valence-corrected chi connectivity index (χ3v) is 3.39. The average molecular weight is 318 g/mol. The first kappa shape index (κ1) is 14.5. The molecule has 0 aliphatic carbocycles. The smallest absolute Gasteiger partial charge is 0.307 e. The van der Waals surface area contributed by atoms with Crippen LogP contribution in [0.15, 0.2) is 27.4 Å². The standard InChI is InChI=1S/C15H10O8/c16-6-3-7(17)12-9(4-6)23-15-11(14(12)22)5(2-10(19)20)1-8(18)13(15)21/h1,3-4,16-18,21H,2H2,(H,19,20). The molecule has 1 aromatic heterocycles. The number of hydrogen-bond acceptors (Lipinski definition) is 7. The van der Waals surface area contributed by atoms with Gasteiger partial charge in [-0.25, -0.2) is 0 Å². The molecule has 0 radical (unpaired) electrons. The van der Waals surface area contributed by atoms with Gasteiger partial charge in [0.15, 0.2) is 11.3 Å². The number of phenols is 4. The molecule has 0 aliphatic heterocycles. The molecular weight excluding hydrogens is 308 g/mol. The molecule has 5 N–H and O–H groups in total. The molecule has 0 bridgehead atoms. The van der Waals surface area contributed by atoms with Gasteiger partial charge in [-0.2, -0.15) is 0 Å². The summed E-state index contributed by atoms with van der Waals surface area (Å²) in [6.45, 7) is 0. The van der Waals surface area contributed by atoms with Crippen molar-refractivity contribution in [3.8, 4) is 23.0 Å². The van der Waals surface area contributed by atoms with Gasteiger partial charge in [-0.3, -0.25) is 9.59 Å². The average Bonchev–Trinajstić information content (AvgIpc) is 2.42. The minimum Gasteiger partial charge on any atom is -0.508 e. The Kier molecular flexibility index (Phi) is 3.03. The van der Waals surface area contributed by atoms with Gasteiger partial charge in [0.1, 0.15) is 22.5 Å². The van der Waals surface area contributed by atoms with E-state index in [1.54, 1.807) is 0 Å². The molecule has 118 valence electrons. The minimum atomic E-state index is -1.26. The van der Waals surface area contributed by atoms with E-state index in [1.165, 1.54) is 0 Å². The monoisotopic (exact) mass is 318 g/mol. The maximum Gasteiger partial charge on any atom is 0.307 e. The fourth-order valence-corrected chi connectivity index (χ4v) is 2.47. The minimum absolute atomic E-state index is 0.0778. The van der Waals surface area contributed by atoms with Crippen LogP contribution in [0.3, 0.4) is 0 Å². The maximum absolute atomic E-state index is 12.6. The number of fused-ring (bicyclic) bond motifs is 2. The van der Waals surface area contributed by atoms with Gasteiger partial charge in [-0.05, 0) is 11.6 Å². The molecule has 23 heavy (non-hydrogen) atoms. The first-order valence-electron chi connectivity index (χ1n) is 6.37. The predicted molar refractivity (Wildman–Crippen MR) is 78.0 cm³/mol. The van der Waals surface area contributed by atoms with Gasteiger partial charge >= 0.3 is 5.97 Å². The van der Waals surface area contributed by atoms with Gasteiger partial charge in [-0.15, -0.1) is 0 Å². The van der Waals surface area contributed by atoms with Crippen LogP contribution in [0.2, 0.25) is 0 Å². The lowest BCUT2D eigenvalue weighted by Crippen LogP contribution is -2.09. The Labute approximate surface area is 127 Å². The second-order valence-electron chi connectivity index (χ2n) is 4.95. The number of aromatic hydroxyl groups is 4. The molecule has 0 spiro atoms. The van der Waals surface area contributed by atoms with Gasteiger partial charge < -0.3 is 29.9 Å². The zero-order valence-electron chi connectivity index (χ0n) is 11.4. The quantitative estimate of drug-likeness (QED) is 0.351. The topological polar surface area (TPSA) is 148 Å². The van der Waals surface area contributed by atoms with Crippen molar-refractivity contribution in [3.05, 3.63) is 34.0 Å². The molecule has 8 heteroatoms. The number of aliphatic carboxylic acids is 1. The highest BCUT2D eigenvalue weighted by Crippen LogP contribution is 2.38. The van der Waals surface area contributed by atoms with Crippen molar-refractivity contribution >= 4 is 27.9 Å². The highest BCUT2D eigenvalue weighted by atomic mass is 16.4. The molecule has 0 amide bonds. The van der Waals surface area contributed by atoms with Crippen LogP contribution in [0.1, 0.15) is 5.56 Å². The largest absolute Gasteiger partial charge is 0.508 e. The predicted octanol–water partition coefficient (Wildman–Crippen LogP) is 1.40. The SMILES string of the molecule is O=C(O)Cc1cc(O)c(O)c2oc3cc(O)cc(O)c3c(=O)c12. The molecular formula is C15H10O8. The Morgan fingerprint density at radius 2 is 1.70 bits per heavy atom. The van der Waals surface area contributed by atoms with Crippen LogP contribution >= 0.6 is 0 Å². The Bertz CT molecular complexity index is 1030. The van der Waals surface area contributed by atoms with E-state index in [9.17, 15) is 30.0 Å². The molecule has 0 saturated carbocycles. The summed E-state index contributed by atoms with van der Waals surface area (Å²) in [5.41, 5.74) is -1.51. The van der Waals surface area contributed by atoms with Crippen molar-refractivity contribution in [2.75, 3.05) is 0 Å². The third-order valence-electron chi connectivity index (χ3n) is 3.39. The number of carboxylic acid groups (broad SMARTS) is 1. The first-order chi connectivity index (χ1) is 10.8. The molecule has 0 unspecified atom stereocenters. The molecule has 3 aromatic rings. The summed E-state index contributed by atoms with van der Waals surface area (Å²) in [6, 6.07) is 2.93. The van der Waals surface area contributed by atoms with Gasteiger partial charge in [0.05, 0.1) is 11.8 Å². The van der Waals surface area contributed by atoms with Crippen LogP contribution in [-0.2, 0) is 11.2 Å². The van der Waals surface area contributed by atoms with E-state index in [0.29, 0.717) is 0 Å². The first-order valence-corrected chi connectivity index (χ1v) is 6.37. The summed E-state index contributed by atoms with van der Waals surface area (Å²) in [4.78, 5) is 23.5. The summed E-state index contributed by atoms with van der Waals surface area (Å²) in [5, 5.41) is 47.2. The second kappa shape index (κ2) is 4.80. The summed E-state index contributed by atoms with van der Waals surface area (Å²) in [7, 11) is 0. The fourth-order valence-electron chi connectivity index (χ4n) is 2.47. The van der Waals surface area contributed by atoms with Gasteiger partial charge in [0, 0.05) is 12.1 Å². The molecule has 0 atom stereocenters. The molecule has 2 aromatic carbocycles. The molecule has 1 heterocycles. The van der Waals surface area contributed by atoms with E-state index in [1.807, 2.05) is 0 Å². The number of benzene rings is 2. The van der Waals surface area contributed by atoms with E-state index in [2.05, 4.69) is 0 Å². The number of carboxylic acids is 1. The van der Waals surface area contributed by atoms with Crippen LogP contribution in [0.5, 0.6) is 23.0 Å². The zero-order chi connectivity index (χ0) is 16.9. The summed E-state index contributed by atoms with van der Waals surface area (Å²) < 4.78 is 5.30. The Morgan fingerprint density at radius 1 is 1.00 bits per heavy atom. The lowest BCUT2D eigenvalue weighted by molar-refractivity contribution is -0.136. The van der Waals surface area contributed by atoms with Crippen molar-refractivity contribution in [2.24, 2.45) is 0 Å². The molecule has 8 nitrogen and oxygen atoms in total. The number of phenolic OH excluding ortho intramolecular Hbond substituents is 4. The number of carbonyl (C=O) groups is 1. The van der Waals surface area contributed by atoms with Crippen LogP contribution in [0, 0.1) is 0 Å². The van der Waals surface area contributed by atoms with Crippen molar-refractivity contribution in [1.29, 1.82) is 0 Å². The van der Waals surface area contributed by atoms with Crippen molar-refractivity contribution in [2.45, 2.75) is 6.42 Å². The van der Waals surface area contributed by atoms with E-state index in [-0.39, 0.29) is 27.7 Å². The Morgan fingerprint density at radius 3 is 2.35 bits per heavy atom. The van der Waals surface area contributed by atoms with Crippen LogP contribution < -0.4 is 5.43 Å². The molecule has 0 saturated heterocycles. The lowest BCUT2D eigenvalue weighted by atomic mass is 10.0. The highest BCUT2D eigenvalue weighted by Gasteiger charge is 2.21. The fraction of sp³-hybridized carbons (Fsp3) is 0.0667. The van der Waals surface area contributed by atoms with E-state index in [4.69, 9.17) is 9.52 Å². The second-order valence-corrected chi connectivity index (χ2v) is 4.95. The summed E-state index contributed by atoms with van der Waals surface area (Å²) in [6.07, 6.45) is -0.598. The summed E-state index contributed by atoms with van der Waals surface area (Å²) in [5.74, 6) is -3.57. The van der Waals surface area contributed by atoms with Gasteiger partial charge in [-0.1, -0.05) is 0 Å². The van der Waals surface area contributed by atoms with E-state index < -0.39 is 40.7 Å². The Hall–Kier alpha value is -3.42. The van der Waals surface area contributed by atoms with E-state index in [0.717, 1.165) is 18.2 Å². The van der Waals surface area contributed by atoms with Gasteiger partial charge in [0.2, 0.25) is 11.2 Å². The van der Waals surface area contributed by atoms with Crippen LogP contribution in [0.4, 0.5) is 0 Å². The molecule has 0 fully saturated rings. The van der Waals surface area contributed by atoms with Crippen LogP contribution in [-0.4, -0.2) is 31.5 Å². The number of hydrogen-bond donors (Lipinski definition) is 5. The Balaban J connectivity index is 2.58. The van der Waals surface area contributed by atoms with E-state index >= 15 is 0 Å². The van der Waals surface area contributed by atoms with Crippen molar-refractivity contribution in [1.82, 2.24) is 0 Å². The van der Waals surface area contributed by atoms with Crippen LogP contribution in [0.25, 0.3) is 21.9 Å². The zero-order valence-corrected chi connectivity index (χ0v) is 11.4. The molecule has 3 rings (SSSR count). The summed E-state index contributed by atoms with van der Waals surface area (Å²) >= 11 is 0. The molecule has 0 aliphatic rings. The third kappa shape index (κ3) is 2.16. The van der Waals surface area contributed by atoms with Crippen molar-refractivity contribution < 1.29 is 34.7 Å². The van der Waals surface area contributed by atoms with Crippen molar-refractivity contribution in [3.63, 3.8) is 0 Å².